The van der Waals surface area contributed by atoms with Crippen LogP contribution in [0.3, 0.4) is 0 Å². The first-order chi connectivity index (χ1) is 9.58. The zero-order chi connectivity index (χ0) is 15.0. The van der Waals surface area contributed by atoms with E-state index in [2.05, 4.69) is 15.4 Å². The maximum atomic E-state index is 11.6. The van der Waals surface area contributed by atoms with Crippen molar-refractivity contribution in [3.63, 3.8) is 0 Å². The van der Waals surface area contributed by atoms with Crippen LogP contribution in [0.25, 0.3) is 0 Å². The van der Waals surface area contributed by atoms with Gasteiger partial charge in [0.05, 0.1) is 12.7 Å². The number of anilines is 1. The second kappa shape index (κ2) is 8.16. The molecule has 0 spiro atoms. The molecule has 0 unspecified atom stereocenters. The van der Waals surface area contributed by atoms with Crippen molar-refractivity contribution in [3.8, 4) is 0 Å². The van der Waals surface area contributed by atoms with E-state index in [1.54, 1.807) is 25.3 Å². The number of esters is 1. The van der Waals surface area contributed by atoms with E-state index in [1.807, 2.05) is 6.92 Å². The van der Waals surface area contributed by atoms with Crippen LogP contribution >= 0.6 is 0 Å². The first-order valence-electron chi connectivity index (χ1n) is 6.31. The fraction of sp³-hybridized carbons (Fsp3) is 0.429. The molecule has 0 atom stereocenters. The van der Waals surface area contributed by atoms with Gasteiger partial charge in [-0.2, -0.15) is 0 Å². The SMILES string of the molecule is COCCCNC(=O)Nc1ccc(C(=O)OC)cc1C. The van der Waals surface area contributed by atoms with E-state index >= 15 is 0 Å². The summed E-state index contributed by atoms with van der Waals surface area (Å²) in [4.78, 5) is 23.0. The van der Waals surface area contributed by atoms with E-state index < -0.39 is 5.97 Å². The van der Waals surface area contributed by atoms with Crippen molar-refractivity contribution in [1.29, 1.82) is 0 Å². The minimum atomic E-state index is -0.399. The predicted molar refractivity (Wildman–Crippen MR) is 76.0 cm³/mol. The second-order valence-corrected chi connectivity index (χ2v) is 4.25. The Balaban J connectivity index is 2.55. The highest BCUT2D eigenvalue weighted by Crippen LogP contribution is 2.16. The summed E-state index contributed by atoms with van der Waals surface area (Å²) in [6.07, 6.45) is 0.754. The third kappa shape index (κ3) is 4.89. The average molecular weight is 280 g/mol. The molecule has 0 aliphatic heterocycles. The molecule has 0 bridgehead atoms. The number of methoxy groups -OCH3 is 2. The number of aryl methyl sites for hydroxylation is 1. The normalized spacial score (nSPS) is 9.95. The molecule has 0 heterocycles. The van der Waals surface area contributed by atoms with Crippen molar-refractivity contribution < 1.29 is 19.1 Å². The molecule has 0 saturated carbocycles. The second-order valence-electron chi connectivity index (χ2n) is 4.25. The minimum Gasteiger partial charge on any atom is -0.465 e. The van der Waals surface area contributed by atoms with Crippen molar-refractivity contribution >= 4 is 17.7 Å². The summed E-state index contributed by atoms with van der Waals surface area (Å²) in [5.41, 5.74) is 1.90. The molecule has 2 N–H and O–H groups in total. The highest BCUT2D eigenvalue weighted by atomic mass is 16.5. The van der Waals surface area contributed by atoms with E-state index in [4.69, 9.17) is 4.74 Å². The van der Waals surface area contributed by atoms with Gasteiger partial charge in [-0.05, 0) is 37.1 Å². The summed E-state index contributed by atoms with van der Waals surface area (Å²) in [6, 6.07) is 4.68. The molecule has 0 aromatic heterocycles. The Kier molecular flexibility index (Phi) is 6.52. The van der Waals surface area contributed by atoms with E-state index in [0.29, 0.717) is 24.4 Å². The number of hydrogen-bond donors (Lipinski definition) is 2. The highest BCUT2D eigenvalue weighted by molar-refractivity contribution is 5.93. The minimum absolute atomic E-state index is 0.282. The molecule has 1 rings (SSSR count). The molecule has 6 nitrogen and oxygen atoms in total. The van der Waals surface area contributed by atoms with Crippen molar-refractivity contribution in [2.45, 2.75) is 13.3 Å². The third-order valence-electron chi connectivity index (χ3n) is 2.71. The molecule has 0 aliphatic rings. The summed E-state index contributed by atoms with van der Waals surface area (Å²) in [5.74, 6) is -0.399. The monoisotopic (exact) mass is 280 g/mol. The van der Waals surface area contributed by atoms with Gasteiger partial charge in [0.2, 0.25) is 0 Å². The molecule has 1 aromatic rings. The van der Waals surface area contributed by atoms with Gasteiger partial charge in [0.1, 0.15) is 0 Å². The van der Waals surface area contributed by atoms with E-state index in [0.717, 1.165) is 12.0 Å². The van der Waals surface area contributed by atoms with Crippen LogP contribution in [-0.4, -0.2) is 39.4 Å². The van der Waals surface area contributed by atoms with Gasteiger partial charge in [0.15, 0.2) is 0 Å². The van der Waals surface area contributed by atoms with E-state index in [-0.39, 0.29) is 6.03 Å². The van der Waals surface area contributed by atoms with Crippen LogP contribution < -0.4 is 10.6 Å². The summed E-state index contributed by atoms with van der Waals surface area (Å²) >= 11 is 0. The molecular formula is C14H20N2O4. The summed E-state index contributed by atoms with van der Waals surface area (Å²) in [6.45, 7) is 2.96. The van der Waals surface area contributed by atoms with Gasteiger partial charge < -0.3 is 20.1 Å². The lowest BCUT2D eigenvalue weighted by molar-refractivity contribution is 0.0600. The number of benzene rings is 1. The number of rotatable bonds is 6. The van der Waals surface area contributed by atoms with Gasteiger partial charge in [0, 0.05) is 25.9 Å². The number of carbonyl (C=O) groups excluding carboxylic acids is 2. The Labute approximate surface area is 118 Å². The van der Waals surface area contributed by atoms with Crippen LogP contribution in [0, 0.1) is 6.92 Å². The lowest BCUT2D eigenvalue weighted by Crippen LogP contribution is -2.30. The third-order valence-corrected chi connectivity index (χ3v) is 2.71. The lowest BCUT2D eigenvalue weighted by Gasteiger charge is -2.10. The highest BCUT2D eigenvalue weighted by Gasteiger charge is 2.09. The van der Waals surface area contributed by atoms with Gasteiger partial charge in [-0.1, -0.05) is 0 Å². The molecule has 20 heavy (non-hydrogen) atoms. The Morgan fingerprint density at radius 1 is 1.25 bits per heavy atom. The van der Waals surface area contributed by atoms with Crippen molar-refractivity contribution in [1.82, 2.24) is 5.32 Å². The largest absolute Gasteiger partial charge is 0.465 e. The molecule has 1 aromatic carbocycles. The fourth-order valence-electron chi connectivity index (χ4n) is 1.63. The summed E-state index contributed by atoms with van der Waals surface area (Å²) in [7, 11) is 2.95. The number of ether oxygens (including phenoxy) is 2. The van der Waals surface area contributed by atoms with Crippen LogP contribution in [-0.2, 0) is 9.47 Å². The number of hydrogen-bond acceptors (Lipinski definition) is 4. The van der Waals surface area contributed by atoms with Crippen LogP contribution in [0.2, 0.25) is 0 Å². The predicted octanol–water partition coefficient (Wildman–Crippen LogP) is 1.94. The number of urea groups is 1. The quantitative estimate of drug-likeness (QED) is 0.616. The van der Waals surface area contributed by atoms with Gasteiger partial charge in [-0.25, -0.2) is 9.59 Å². The van der Waals surface area contributed by atoms with Crippen molar-refractivity contribution in [2.75, 3.05) is 32.7 Å². The Hall–Kier alpha value is -2.08. The summed E-state index contributed by atoms with van der Waals surface area (Å²) in [5, 5.41) is 5.45. The Bertz CT molecular complexity index is 474. The first-order valence-corrected chi connectivity index (χ1v) is 6.31. The molecule has 0 fully saturated rings. The molecule has 0 aliphatic carbocycles. The topological polar surface area (TPSA) is 76.7 Å². The number of nitrogens with one attached hydrogen (secondary N) is 2. The standard InChI is InChI=1S/C14H20N2O4/c1-10-9-11(13(17)20-3)5-6-12(10)16-14(18)15-7-4-8-19-2/h5-6,9H,4,7-8H2,1-3H3,(H2,15,16,18). The number of carbonyl (C=O) groups is 2. The van der Waals surface area contributed by atoms with Crippen LogP contribution in [0.15, 0.2) is 18.2 Å². The Morgan fingerprint density at radius 2 is 2.00 bits per heavy atom. The molecule has 0 saturated heterocycles. The average Bonchev–Trinajstić information content (AvgIpc) is 2.45. The van der Waals surface area contributed by atoms with Gasteiger partial charge in [0.25, 0.3) is 0 Å². The lowest BCUT2D eigenvalue weighted by atomic mass is 10.1. The maximum Gasteiger partial charge on any atom is 0.337 e. The molecule has 110 valence electrons. The van der Waals surface area contributed by atoms with Crippen molar-refractivity contribution in [2.24, 2.45) is 0 Å². The summed E-state index contributed by atoms with van der Waals surface area (Å²) < 4.78 is 9.53. The van der Waals surface area contributed by atoms with Crippen LogP contribution in [0.1, 0.15) is 22.3 Å². The first kappa shape index (κ1) is 16.0. The van der Waals surface area contributed by atoms with E-state index in [9.17, 15) is 9.59 Å². The molecular weight excluding hydrogens is 260 g/mol. The van der Waals surface area contributed by atoms with Crippen LogP contribution in [0.4, 0.5) is 10.5 Å². The fourth-order valence-corrected chi connectivity index (χ4v) is 1.63. The van der Waals surface area contributed by atoms with E-state index in [1.165, 1.54) is 7.11 Å². The molecule has 2 amide bonds. The van der Waals surface area contributed by atoms with Crippen LogP contribution in [0.5, 0.6) is 0 Å². The van der Waals surface area contributed by atoms with Gasteiger partial charge in [-0.3, -0.25) is 0 Å². The van der Waals surface area contributed by atoms with Gasteiger partial charge in [-0.15, -0.1) is 0 Å². The smallest absolute Gasteiger partial charge is 0.337 e. The molecule has 0 radical (unpaired) electrons. The zero-order valence-electron chi connectivity index (χ0n) is 12.0. The van der Waals surface area contributed by atoms with Crippen molar-refractivity contribution in [3.05, 3.63) is 29.3 Å². The number of amides is 2. The zero-order valence-corrected chi connectivity index (χ0v) is 12.0. The van der Waals surface area contributed by atoms with Gasteiger partial charge >= 0.3 is 12.0 Å². The molecule has 6 heteroatoms. The Morgan fingerprint density at radius 3 is 2.60 bits per heavy atom. The maximum absolute atomic E-state index is 11.6.